The van der Waals surface area contributed by atoms with Gasteiger partial charge in [-0.3, -0.25) is 4.79 Å². The van der Waals surface area contributed by atoms with Crippen LogP contribution < -0.4 is 5.32 Å². The lowest BCUT2D eigenvalue weighted by Gasteiger charge is -2.08. The Balaban J connectivity index is 1.88. The fourth-order valence-corrected chi connectivity index (χ4v) is 4.10. The summed E-state index contributed by atoms with van der Waals surface area (Å²) < 4.78 is 27.8. The van der Waals surface area contributed by atoms with Crippen LogP contribution in [0.15, 0.2) is 21.4 Å². The van der Waals surface area contributed by atoms with Crippen LogP contribution in [-0.2, 0) is 9.84 Å². The highest BCUT2D eigenvalue weighted by atomic mass is 79.9. The van der Waals surface area contributed by atoms with Crippen molar-refractivity contribution < 1.29 is 17.6 Å². The van der Waals surface area contributed by atoms with E-state index in [0.717, 1.165) is 0 Å². The van der Waals surface area contributed by atoms with E-state index in [1.807, 2.05) is 0 Å². The van der Waals surface area contributed by atoms with E-state index >= 15 is 0 Å². The Bertz CT molecular complexity index is 522. The van der Waals surface area contributed by atoms with Gasteiger partial charge < -0.3 is 9.73 Å². The predicted molar refractivity (Wildman–Crippen MR) is 65.5 cm³/mol. The third kappa shape index (κ3) is 3.10. The first-order chi connectivity index (χ1) is 7.98. The van der Waals surface area contributed by atoms with E-state index in [2.05, 4.69) is 21.2 Å². The van der Waals surface area contributed by atoms with Gasteiger partial charge in [0.2, 0.25) is 0 Å². The molecule has 0 aromatic carbocycles. The summed E-state index contributed by atoms with van der Waals surface area (Å²) in [6, 6.07) is 1.56. The minimum Gasteiger partial charge on any atom is -0.457 e. The molecule has 1 saturated heterocycles. The number of hydrogen-bond donors (Lipinski definition) is 1. The molecule has 0 saturated carbocycles. The Morgan fingerprint density at radius 2 is 2.35 bits per heavy atom. The normalized spacial score (nSPS) is 22.5. The molecule has 1 fully saturated rings. The van der Waals surface area contributed by atoms with Crippen LogP contribution in [-0.4, -0.2) is 32.4 Å². The van der Waals surface area contributed by atoms with Gasteiger partial charge >= 0.3 is 0 Å². The molecule has 1 aromatic rings. The second-order valence-corrected chi connectivity index (χ2v) is 7.04. The van der Waals surface area contributed by atoms with Crippen LogP contribution >= 0.6 is 15.9 Å². The zero-order chi connectivity index (χ0) is 12.5. The van der Waals surface area contributed by atoms with Gasteiger partial charge in [0, 0.05) is 6.54 Å². The van der Waals surface area contributed by atoms with Crippen molar-refractivity contribution in [3.8, 4) is 0 Å². The molecule has 1 unspecified atom stereocenters. The van der Waals surface area contributed by atoms with Gasteiger partial charge in [-0.25, -0.2) is 8.42 Å². The zero-order valence-electron chi connectivity index (χ0n) is 8.98. The van der Waals surface area contributed by atoms with Gasteiger partial charge in [-0.15, -0.1) is 0 Å². The summed E-state index contributed by atoms with van der Waals surface area (Å²) in [5, 5.41) is 2.71. The van der Waals surface area contributed by atoms with E-state index in [1.165, 1.54) is 6.26 Å². The number of rotatable bonds is 3. The Hall–Kier alpha value is -0.820. The standard InChI is InChI=1S/C10H12BrNO4S/c11-9-8(1-3-16-9)10(13)12-5-7-2-4-17(14,15)6-7/h1,3,7H,2,4-6H2,(H,12,13). The molecule has 1 atom stereocenters. The number of hydrogen-bond acceptors (Lipinski definition) is 4. The van der Waals surface area contributed by atoms with Crippen LogP contribution in [0.1, 0.15) is 16.8 Å². The fraction of sp³-hybridized carbons (Fsp3) is 0.500. The maximum Gasteiger partial charge on any atom is 0.255 e. The van der Waals surface area contributed by atoms with E-state index < -0.39 is 9.84 Å². The highest BCUT2D eigenvalue weighted by Crippen LogP contribution is 2.19. The molecule has 2 heterocycles. The van der Waals surface area contributed by atoms with Gasteiger partial charge in [-0.05, 0) is 34.3 Å². The molecule has 7 heteroatoms. The van der Waals surface area contributed by atoms with Crippen molar-refractivity contribution in [3.63, 3.8) is 0 Å². The first-order valence-electron chi connectivity index (χ1n) is 5.19. The predicted octanol–water partition coefficient (Wildman–Crippen LogP) is 1.21. The summed E-state index contributed by atoms with van der Waals surface area (Å²) in [5.41, 5.74) is 0.422. The summed E-state index contributed by atoms with van der Waals surface area (Å²) >= 11 is 3.12. The largest absolute Gasteiger partial charge is 0.457 e. The molecule has 0 spiro atoms. The lowest BCUT2D eigenvalue weighted by molar-refractivity contribution is 0.0946. The highest BCUT2D eigenvalue weighted by molar-refractivity contribution is 9.10. The Labute approximate surface area is 108 Å². The number of furan rings is 1. The molecule has 0 radical (unpaired) electrons. The molecular weight excluding hydrogens is 310 g/mol. The molecule has 0 bridgehead atoms. The maximum atomic E-state index is 11.7. The van der Waals surface area contributed by atoms with E-state index in [0.29, 0.717) is 23.2 Å². The van der Waals surface area contributed by atoms with Crippen LogP contribution in [0.3, 0.4) is 0 Å². The average molecular weight is 322 g/mol. The molecule has 1 amide bonds. The zero-order valence-corrected chi connectivity index (χ0v) is 11.4. The van der Waals surface area contributed by atoms with Crippen LogP contribution in [0, 0.1) is 5.92 Å². The molecular formula is C10H12BrNO4S. The second-order valence-electron chi connectivity index (χ2n) is 4.09. The molecule has 17 heavy (non-hydrogen) atoms. The minimum atomic E-state index is -2.88. The van der Waals surface area contributed by atoms with Gasteiger partial charge in [-0.1, -0.05) is 0 Å². The van der Waals surface area contributed by atoms with Crippen molar-refractivity contribution >= 4 is 31.7 Å². The Kier molecular flexibility index (Phi) is 3.58. The summed E-state index contributed by atoms with van der Waals surface area (Å²) in [6.45, 7) is 0.385. The topological polar surface area (TPSA) is 76.4 Å². The van der Waals surface area contributed by atoms with Crippen molar-refractivity contribution in [2.24, 2.45) is 5.92 Å². The number of nitrogens with one attached hydrogen (secondary N) is 1. The lowest BCUT2D eigenvalue weighted by atomic mass is 10.1. The summed E-state index contributed by atoms with van der Waals surface area (Å²) in [6.07, 6.45) is 2.04. The summed E-state index contributed by atoms with van der Waals surface area (Å²) in [5.74, 6) is 0.160. The SMILES string of the molecule is O=C(NCC1CCS(=O)(=O)C1)c1ccoc1Br. The molecule has 1 aliphatic rings. The van der Waals surface area contributed by atoms with Crippen molar-refractivity contribution in [2.45, 2.75) is 6.42 Å². The van der Waals surface area contributed by atoms with Crippen molar-refractivity contribution in [1.82, 2.24) is 5.32 Å². The number of sulfone groups is 1. The molecule has 1 aromatic heterocycles. The van der Waals surface area contributed by atoms with Crippen LogP contribution in [0.5, 0.6) is 0 Å². The van der Waals surface area contributed by atoms with Crippen molar-refractivity contribution in [3.05, 3.63) is 22.6 Å². The van der Waals surface area contributed by atoms with E-state index in [4.69, 9.17) is 4.42 Å². The molecule has 2 rings (SSSR count). The lowest BCUT2D eigenvalue weighted by Crippen LogP contribution is -2.29. The third-order valence-electron chi connectivity index (χ3n) is 2.74. The van der Waals surface area contributed by atoms with E-state index in [1.54, 1.807) is 6.07 Å². The van der Waals surface area contributed by atoms with Crippen LogP contribution in [0.25, 0.3) is 0 Å². The summed E-state index contributed by atoms with van der Waals surface area (Å²) in [4.78, 5) is 11.7. The first kappa shape index (κ1) is 12.6. The smallest absolute Gasteiger partial charge is 0.255 e. The second kappa shape index (κ2) is 4.81. The maximum absolute atomic E-state index is 11.7. The van der Waals surface area contributed by atoms with Crippen molar-refractivity contribution in [2.75, 3.05) is 18.1 Å². The fourth-order valence-electron chi connectivity index (χ4n) is 1.82. The average Bonchev–Trinajstić information content (AvgIpc) is 2.81. The molecule has 5 nitrogen and oxygen atoms in total. The van der Waals surface area contributed by atoms with Gasteiger partial charge in [0.25, 0.3) is 5.91 Å². The molecule has 0 aliphatic carbocycles. The summed E-state index contributed by atoms with van der Waals surface area (Å²) in [7, 11) is -2.88. The van der Waals surface area contributed by atoms with E-state index in [9.17, 15) is 13.2 Å². The molecule has 94 valence electrons. The van der Waals surface area contributed by atoms with Gasteiger partial charge in [0.05, 0.1) is 23.3 Å². The Morgan fingerprint density at radius 3 is 2.88 bits per heavy atom. The van der Waals surface area contributed by atoms with Crippen molar-refractivity contribution in [1.29, 1.82) is 0 Å². The van der Waals surface area contributed by atoms with Crippen LogP contribution in [0.4, 0.5) is 0 Å². The number of carbonyl (C=O) groups excluding carboxylic acids is 1. The Morgan fingerprint density at radius 1 is 1.59 bits per heavy atom. The van der Waals surface area contributed by atoms with Gasteiger partial charge in [0.15, 0.2) is 14.5 Å². The van der Waals surface area contributed by atoms with Crippen LogP contribution in [0.2, 0.25) is 0 Å². The third-order valence-corrected chi connectivity index (χ3v) is 5.19. The number of carbonyl (C=O) groups is 1. The number of amides is 1. The first-order valence-corrected chi connectivity index (χ1v) is 7.81. The minimum absolute atomic E-state index is 0.0228. The highest BCUT2D eigenvalue weighted by Gasteiger charge is 2.28. The van der Waals surface area contributed by atoms with E-state index in [-0.39, 0.29) is 23.3 Å². The molecule has 1 N–H and O–H groups in total. The quantitative estimate of drug-likeness (QED) is 0.907. The molecule has 1 aliphatic heterocycles. The van der Waals surface area contributed by atoms with Gasteiger partial charge in [0.1, 0.15) is 0 Å². The number of halogens is 1. The monoisotopic (exact) mass is 321 g/mol. The van der Waals surface area contributed by atoms with Gasteiger partial charge in [-0.2, -0.15) is 0 Å².